The second-order valence-electron chi connectivity index (χ2n) is 14.6. The van der Waals surface area contributed by atoms with E-state index in [0.29, 0.717) is 55.7 Å². The van der Waals surface area contributed by atoms with Crippen molar-refractivity contribution in [2.24, 2.45) is 0 Å². The van der Waals surface area contributed by atoms with Crippen molar-refractivity contribution in [1.82, 2.24) is 19.9 Å². The summed E-state index contributed by atoms with van der Waals surface area (Å²) in [6, 6.07) is 23.2. The number of nitrogens with zero attached hydrogens (tertiary/aromatic N) is 2. The summed E-state index contributed by atoms with van der Waals surface area (Å²) < 4.78 is 99.4. The standard InChI is InChI=1S/C50H32F6N4O4/c1-3-63-49(61)27-9-5-25(6-10-27)43-35-13-17-39(57-35)45(29-21-31(51)47(55)32(52)22-29)41-19-15-37(59-41)44(26-7-11-28(12-8-26)50(62)64-4-2)38-16-20-42(60-38)46(40-18-14-36(43)58-40)30-23-33(53)48(56)34(54)24-30/h5-24,57,60H,3-4H2,1-2H3. The van der Waals surface area contributed by atoms with E-state index >= 15 is 17.6 Å². The van der Waals surface area contributed by atoms with Crippen molar-refractivity contribution in [3.05, 3.63) is 166 Å². The van der Waals surface area contributed by atoms with Crippen LogP contribution in [0, 0.1) is 34.9 Å². The molecule has 2 N–H and O–H groups in total. The predicted octanol–water partition coefficient (Wildman–Crippen LogP) is 12.5. The molecule has 318 valence electrons. The summed E-state index contributed by atoms with van der Waals surface area (Å²) in [5.41, 5.74) is 5.57. The Morgan fingerprint density at radius 1 is 0.438 bits per heavy atom. The van der Waals surface area contributed by atoms with E-state index in [4.69, 9.17) is 19.4 Å². The summed E-state index contributed by atoms with van der Waals surface area (Å²) in [6.45, 7) is 3.70. The lowest BCUT2D eigenvalue weighted by molar-refractivity contribution is 0.0517. The first-order valence-electron chi connectivity index (χ1n) is 19.9. The summed E-state index contributed by atoms with van der Waals surface area (Å²) in [6.07, 6.45) is 6.60. The first-order chi connectivity index (χ1) is 30.9. The molecule has 0 radical (unpaired) electrons. The summed E-state index contributed by atoms with van der Waals surface area (Å²) in [4.78, 5) is 41.9. The molecule has 0 amide bonds. The Balaban J connectivity index is 1.43. The number of esters is 2. The summed E-state index contributed by atoms with van der Waals surface area (Å²) >= 11 is 0. The number of ether oxygens (including phenoxy) is 2. The Kier molecular flexibility index (Phi) is 10.8. The van der Waals surface area contributed by atoms with E-state index in [-0.39, 0.29) is 58.0 Å². The highest BCUT2D eigenvalue weighted by Crippen LogP contribution is 2.39. The predicted molar refractivity (Wildman–Crippen MR) is 232 cm³/mol. The molecule has 0 spiro atoms. The molecule has 2 aliphatic heterocycles. The van der Waals surface area contributed by atoms with Crippen LogP contribution in [-0.4, -0.2) is 45.1 Å². The van der Waals surface area contributed by atoms with Gasteiger partial charge in [0.25, 0.3) is 0 Å². The van der Waals surface area contributed by atoms with Gasteiger partial charge in [-0.05, 0) is 133 Å². The van der Waals surface area contributed by atoms with E-state index in [1.54, 1.807) is 111 Å². The van der Waals surface area contributed by atoms with Crippen LogP contribution in [0.2, 0.25) is 0 Å². The number of aromatic amines is 2. The van der Waals surface area contributed by atoms with Crippen LogP contribution in [0.25, 0.3) is 90.9 Å². The van der Waals surface area contributed by atoms with Gasteiger partial charge in [0.2, 0.25) is 0 Å². The molecular formula is C50H32F6N4O4. The maximum Gasteiger partial charge on any atom is 0.338 e. The number of fused-ring (bicyclic) bond motifs is 8. The van der Waals surface area contributed by atoms with Gasteiger partial charge in [0.15, 0.2) is 34.9 Å². The molecule has 0 unspecified atom stereocenters. The summed E-state index contributed by atoms with van der Waals surface area (Å²) in [5.74, 6) is -10.0. The Hall–Kier alpha value is -8.00. The zero-order chi connectivity index (χ0) is 44.8. The molecule has 0 saturated carbocycles. The smallest absolute Gasteiger partial charge is 0.338 e. The topological polar surface area (TPSA) is 110 Å². The molecule has 0 aliphatic carbocycles. The van der Waals surface area contributed by atoms with Crippen molar-refractivity contribution in [3.8, 4) is 44.5 Å². The maximum absolute atomic E-state index is 15.0. The molecule has 3 aromatic heterocycles. The molecule has 8 nitrogen and oxygen atoms in total. The van der Waals surface area contributed by atoms with Crippen LogP contribution in [0.3, 0.4) is 0 Å². The number of hydrogen-bond donors (Lipinski definition) is 2. The second kappa shape index (κ2) is 16.7. The average molecular weight is 867 g/mol. The number of hydrogen-bond acceptors (Lipinski definition) is 6. The van der Waals surface area contributed by atoms with Gasteiger partial charge in [0.1, 0.15) is 0 Å². The number of aromatic nitrogens is 4. The zero-order valence-corrected chi connectivity index (χ0v) is 33.8. The molecule has 9 rings (SSSR count). The van der Waals surface area contributed by atoms with Crippen molar-refractivity contribution < 1.29 is 45.4 Å². The number of H-pyrrole nitrogens is 2. The minimum Gasteiger partial charge on any atom is -0.462 e. The van der Waals surface area contributed by atoms with E-state index in [2.05, 4.69) is 9.97 Å². The molecule has 8 bridgehead atoms. The van der Waals surface area contributed by atoms with Gasteiger partial charge in [-0.1, -0.05) is 24.3 Å². The molecule has 64 heavy (non-hydrogen) atoms. The van der Waals surface area contributed by atoms with Crippen molar-refractivity contribution in [2.45, 2.75) is 13.8 Å². The second-order valence-corrected chi connectivity index (χ2v) is 14.6. The highest BCUT2D eigenvalue weighted by atomic mass is 19.2. The molecule has 2 aliphatic rings. The van der Waals surface area contributed by atoms with Crippen LogP contribution in [0.15, 0.2) is 97.1 Å². The highest BCUT2D eigenvalue weighted by molar-refractivity contribution is 6.00. The number of halogens is 6. The van der Waals surface area contributed by atoms with Gasteiger partial charge in [-0.15, -0.1) is 0 Å². The van der Waals surface area contributed by atoms with Crippen LogP contribution in [0.1, 0.15) is 57.3 Å². The van der Waals surface area contributed by atoms with Gasteiger partial charge >= 0.3 is 11.9 Å². The SMILES string of the molecule is CCOC(=O)c1ccc(-c2c3nc(c(-c4cc(F)c(F)c(F)c4)c4ccc([nH]4)c(-c4ccc(C(=O)OCC)cc4)c4nc(c(-c5cc(F)c(F)c(F)c5)c5ccc2[nH]5)C=C4)C=C3)cc1. The Morgan fingerprint density at radius 3 is 1.00 bits per heavy atom. The first kappa shape index (κ1) is 41.4. The van der Waals surface area contributed by atoms with Gasteiger partial charge in [-0.2, -0.15) is 0 Å². The van der Waals surface area contributed by atoms with E-state index in [1.807, 2.05) is 0 Å². The minimum atomic E-state index is -1.65. The van der Waals surface area contributed by atoms with Gasteiger partial charge in [0.05, 0.1) is 47.1 Å². The first-order valence-corrected chi connectivity index (χ1v) is 19.9. The number of rotatable bonds is 8. The largest absolute Gasteiger partial charge is 0.462 e. The highest BCUT2D eigenvalue weighted by Gasteiger charge is 2.22. The molecule has 0 atom stereocenters. The van der Waals surface area contributed by atoms with Crippen LogP contribution in [0.5, 0.6) is 0 Å². The molecule has 14 heteroatoms. The normalized spacial score (nSPS) is 11.9. The Labute approximate surface area is 360 Å². The molecule has 0 saturated heterocycles. The third-order valence-electron chi connectivity index (χ3n) is 10.7. The molecular weight excluding hydrogens is 835 g/mol. The fraction of sp³-hybridized carbons (Fsp3) is 0.0800. The fourth-order valence-corrected chi connectivity index (χ4v) is 7.79. The summed E-state index contributed by atoms with van der Waals surface area (Å²) in [7, 11) is 0. The van der Waals surface area contributed by atoms with Gasteiger partial charge in [-0.25, -0.2) is 45.9 Å². The van der Waals surface area contributed by atoms with Crippen molar-refractivity contribution in [3.63, 3.8) is 0 Å². The zero-order valence-electron chi connectivity index (χ0n) is 33.8. The van der Waals surface area contributed by atoms with Gasteiger partial charge in [-0.3, -0.25) is 0 Å². The molecule has 7 aromatic rings. The van der Waals surface area contributed by atoms with E-state index in [9.17, 15) is 18.4 Å². The molecule has 0 fully saturated rings. The van der Waals surface area contributed by atoms with E-state index < -0.39 is 46.8 Å². The quantitative estimate of drug-likeness (QED) is 0.0894. The van der Waals surface area contributed by atoms with E-state index in [1.165, 1.54) is 0 Å². The van der Waals surface area contributed by atoms with Gasteiger partial charge in [0, 0.05) is 44.3 Å². The van der Waals surface area contributed by atoms with Gasteiger partial charge < -0.3 is 19.4 Å². The number of benzene rings is 4. The van der Waals surface area contributed by atoms with E-state index in [0.717, 1.165) is 24.3 Å². The van der Waals surface area contributed by atoms with Crippen LogP contribution in [0.4, 0.5) is 26.3 Å². The average Bonchev–Trinajstić information content (AvgIpc) is 4.13. The monoisotopic (exact) mass is 866 g/mol. The number of carbonyl (C=O) groups excluding carboxylic acids is 2. The van der Waals surface area contributed by atoms with Crippen molar-refractivity contribution in [2.75, 3.05) is 13.2 Å². The third-order valence-corrected chi connectivity index (χ3v) is 10.7. The lowest BCUT2D eigenvalue weighted by atomic mass is 10.0. The van der Waals surface area contributed by atoms with Crippen LogP contribution in [-0.2, 0) is 9.47 Å². The van der Waals surface area contributed by atoms with Crippen molar-refractivity contribution in [1.29, 1.82) is 0 Å². The third kappa shape index (κ3) is 7.52. The lowest BCUT2D eigenvalue weighted by Gasteiger charge is -2.08. The fourth-order valence-electron chi connectivity index (χ4n) is 7.79. The Bertz CT molecular complexity index is 3030. The molecule has 5 heterocycles. The Morgan fingerprint density at radius 2 is 0.719 bits per heavy atom. The lowest BCUT2D eigenvalue weighted by Crippen LogP contribution is -2.04. The maximum atomic E-state index is 15.0. The minimum absolute atomic E-state index is 0.0369. The number of nitrogens with one attached hydrogen (secondary N) is 2. The number of carbonyl (C=O) groups is 2. The summed E-state index contributed by atoms with van der Waals surface area (Å²) in [5, 5.41) is 0. The van der Waals surface area contributed by atoms with Crippen molar-refractivity contribution >= 4 is 58.3 Å². The molecule has 4 aromatic carbocycles. The van der Waals surface area contributed by atoms with Crippen LogP contribution >= 0.6 is 0 Å². The van der Waals surface area contributed by atoms with Crippen LogP contribution < -0.4 is 0 Å².